The zero-order chi connectivity index (χ0) is 9.97. The second-order valence-corrected chi connectivity index (χ2v) is 3.92. The Kier molecular flexibility index (Phi) is 2.66. The van der Waals surface area contributed by atoms with Crippen molar-refractivity contribution in [3.8, 4) is 0 Å². The highest BCUT2D eigenvalue weighted by atomic mass is 28.2. The minimum atomic E-state index is 0.216. The molecule has 0 radical (unpaired) electrons. The molecule has 14 heavy (non-hydrogen) atoms. The summed E-state index contributed by atoms with van der Waals surface area (Å²) >= 11 is 0. The first-order valence-electron chi connectivity index (χ1n) is 4.83. The van der Waals surface area contributed by atoms with Gasteiger partial charge in [0.05, 0.1) is 6.10 Å². The van der Waals surface area contributed by atoms with Crippen LogP contribution in [-0.4, -0.2) is 10.5 Å². The first-order chi connectivity index (χ1) is 6.83. The molecular weight excluding hydrogens is 188 g/mol. The molecule has 2 rings (SSSR count). The zero-order valence-electron chi connectivity index (χ0n) is 8.53. The molecule has 2 heteroatoms. The molecule has 2 aromatic rings. The van der Waals surface area contributed by atoms with E-state index in [2.05, 4.69) is 49.4 Å². The Bertz CT molecular complexity index is 434. The van der Waals surface area contributed by atoms with Crippen molar-refractivity contribution in [3.63, 3.8) is 0 Å². The van der Waals surface area contributed by atoms with Gasteiger partial charge in [0, 0.05) is 0 Å². The topological polar surface area (TPSA) is 9.23 Å². The maximum Gasteiger partial charge on any atom is 0.146 e. The van der Waals surface area contributed by atoms with Crippen molar-refractivity contribution in [1.82, 2.24) is 0 Å². The van der Waals surface area contributed by atoms with Crippen LogP contribution < -0.4 is 0 Å². The van der Waals surface area contributed by atoms with E-state index in [1.54, 1.807) is 0 Å². The molecule has 1 atom stereocenters. The van der Waals surface area contributed by atoms with Gasteiger partial charge in [0.15, 0.2) is 0 Å². The molecule has 0 aliphatic heterocycles. The molecule has 1 unspecified atom stereocenters. The van der Waals surface area contributed by atoms with Crippen LogP contribution in [0.5, 0.6) is 0 Å². The van der Waals surface area contributed by atoms with E-state index in [1.807, 2.05) is 0 Å². The molecule has 0 spiro atoms. The van der Waals surface area contributed by atoms with E-state index < -0.39 is 0 Å². The molecule has 0 bridgehead atoms. The van der Waals surface area contributed by atoms with Crippen LogP contribution in [-0.2, 0) is 4.43 Å². The third kappa shape index (κ3) is 1.58. The summed E-state index contributed by atoms with van der Waals surface area (Å²) in [5.41, 5.74) is 1.29. The van der Waals surface area contributed by atoms with Crippen LogP contribution in [0.4, 0.5) is 0 Å². The zero-order valence-corrected chi connectivity index (χ0v) is 10.5. The van der Waals surface area contributed by atoms with Crippen LogP contribution >= 0.6 is 0 Å². The Morgan fingerprint density at radius 1 is 1.07 bits per heavy atom. The second kappa shape index (κ2) is 3.94. The minimum absolute atomic E-state index is 0.216. The van der Waals surface area contributed by atoms with Crippen molar-refractivity contribution in [3.05, 3.63) is 48.0 Å². The first-order valence-corrected chi connectivity index (χ1v) is 5.65. The van der Waals surface area contributed by atoms with E-state index in [0.717, 1.165) is 10.5 Å². The average Bonchev–Trinajstić information content (AvgIpc) is 2.27. The van der Waals surface area contributed by atoms with Gasteiger partial charge in [0.1, 0.15) is 10.5 Å². The first kappa shape index (κ1) is 9.43. The summed E-state index contributed by atoms with van der Waals surface area (Å²) in [4.78, 5) is 0. The van der Waals surface area contributed by atoms with Gasteiger partial charge in [-0.05, 0) is 23.3 Å². The fourth-order valence-corrected chi connectivity index (χ4v) is 1.99. The Hall–Kier alpha value is -1.12. The van der Waals surface area contributed by atoms with E-state index in [0.29, 0.717) is 0 Å². The molecule has 0 aliphatic carbocycles. The number of fused-ring (bicyclic) bond motifs is 1. The fraction of sp³-hybridized carbons (Fsp3) is 0.167. The summed E-state index contributed by atoms with van der Waals surface area (Å²) in [6, 6.07) is 14.8. The standard InChI is InChI=1S/C12H14OSi/c1-9(13-14)11-8-4-6-10-5-2-3-7-12(10)11/h2-9H,1,14H3. The van der Waals surface area contributed by atoms with Crippen LogP contribution in [0.15, 0.2) is 42.5 Å². The van der Waals surface area contributed by atoms with E-state index in [1.165, 1.54) is 16.3 Å². The molecule has 0 N–H and O–H groups in total. The summed E-state index contributed by atoms with van der Waals surface area (Å²) in [5.74, 6) is 0. The Labute approximate surface area is 87.3 Å². The highest BCUT2D eigenvalue weighted by Gasteiger charge is 2.06. The lowest BCUT2D eigenvalue weighted by Gasteiger charge is -2.13. The normalized spacial score (nSPS) is 13.2. The average molecular weight is 202 g/mol. The fourth-order valence-electron chi connectivity index (χ4n) is 1.73. The lowest BCUT2D eigenvalue weighted by Crippen LogP contribution is -1.97. The highest BCUT2D eigenvalue weighted by molar-refractivity contribution is 5.98. The molecule has 0 fully saturated rings. The quantitative estimate of drug-likeness (QED) is 0.678. The van der Waals surface area contributed by atoms with Crippen LogP contribution in [0.3, 0.4) is 0 Å². The van der Waals surface area contributed by atoms with Crippen molar-refractivity contribution < 1.29 is 4.43 Å². The molecule has 0 aliphatic rings. The highest BCUT2D eigenvalue weighted by Crippen LogP contribution is 2.25. The third-order valence-electron chi connectivity index (χ3n) is 2.61. The molecular formula is C12H14OSi. The van der Waals surface area contributed by atoms with Crippen LogP contribution in [0.25, 0.3) is 10.8 Å². The van der Waals surface area contributed by atoms with Gasteiger partial charge in [-0.1, -0.05) is 42.5 Å². The smallest absolute Gasteiger partial charge is 0.146 e. The van der Waals surface area contributed by atoms with Gasteiger partial charge in [-0.15, -0.1) is 0 Å². The number of rotatable bonds is 2. The van der Waals surface area contributed by atoms with Crippen molar-refractivity contribution >= 4 is 21.3 Å². The van der Waals surface area contributed by atoms with E-state index >= 15 is 0 Å². The van der Waals surface area contributed by atoms with Crippen molar-refractivity contribution in [2.45, 2.75) is 13.0 Å². The Morgan fingerprint density at radius 2 is 1.79 bits per heavy atom. The van der Waals surface area contributed by atoms with E-state index in [9.17, 15) is 0 Å². The molecule has 0 amide bonds. The van der Waals surface area contributed by atoms with Crippen molar-refractivity contribution in [2.75, 3.05) is 0 Å². The number of benzene rings is 2. The SMILES string of the molecule is CC(O[SiH3])c1cccc2ccccc12. The van der Waals surface area contributed by atoms with Gasteiger partial charge in [-0.25, -0.2) is 0 Å². The predicted octanol–water partition coefficient (Wildman–Crippen LogP) is 2.20. The van der Waals surface area contributed by atoms with Gasteiger partial charge >= 0.3 is 0 Å². The predicted molar refractivity (Wildman–Crippen MR) is 63.4 cm³/mol. The van der Waals surface area contributed by atoms with Gasteiger partial charge in [0.25, 0.3) is 0 Å². The molecule has 0 saturated carbocycles. The largest absolute Gasteiger partial charge is 0.421 e. The molecule has 2 aromatic carbocycles. The van der Waals surface area contributed by atoms with E-state index in [4.69, 9.17) is 4.43 Å². The maximum atomic E-state index is 5.48. The minimum Gasteiger partial charge on any atom is -0.421 e. The lowest BCUT2D eigenvalue weighted by molar-refractivity contribution is 0.252. The summed E-state index contributed by atoms with van der Waals surface area (Å²) in [6.45, 7) is 2.11. The maximum absolute atomic E-state index is 5.48. The molecule has 0 saturated heterocycles. The summed E-state index contributed by atoms with van der Waals surface area (Å²) < 4.78 is 5.48. The van der Waals surface area contributed by atoms with Gasteiger partial charge < -0.3 is 4.43 Å². The van der Waals surface area contributed by atoms with Crippen LogP contribution in [0.2, 0.25) is 0 Å². The number of hydrogen-bond donors (Lipinski definition) is 0. The Balaban J connectivity index is 2.65. The van der Waals surface area contributed by atoms with Crippen molar-refractivity contribution in [1.29, 1.82) is 0 Å². The molecule has 72 valence electrons. The van der Waals surface area contributed by atoms with Crippen molar-refractivity contribution in [2.24, 2.45) is 0 Å². The summed E-state index contributed by atoms with van der Waals surface area (Å²) in [5, 5.41) is 2.59. The number of hydrogen-bond acceptors (Lipinski definition) is 1. The second-order valence-electron chi connectivity index (χ2n) is 3.45. The van der Waals surface area contributed by atoms with Gasteiger partial charge in [-0.2, -0.15) is 0 Å². The van der Waals surface area contributed by atoms with Crippen LogP contribution in [0.1, 0.15) is 18.6 Å². The summed E-state index contributed by atoms with van der Waals surface area (Å²) in [7, 11) is 0.783. The third-order valence-corrected chi connectivity index (χ3v) is 3.32. The Morgan fingerprint density at radius 3 is 2.57 bits per heavy atom. The molecule has 0 aromatic heterocycles. The molecule has 1 nitrogen and oxygen atoms in total. The van der Waals surface area contributed by atoms with E-state index in [-0.39, 0.29) is 6.10 Å². The van der Waals surface area contributed by atoms with Crippen LogP contribution in [0, 0.1) is 0 Å². The van der Waals surface area contributed by atoms with Gasteiger partial charge in [0.2, 0.25) is 0 Å². The monoisotopic (exact) mass is 202 g/mol. The van der Waals surface area contributed by atoms with Gasteiger partial charge in [-0.3, -0.25) is 0 Å². The molecule has 0 heterocycles. The lowest BCUT2D eigenvalue weighted by atomic mass is 10.0. The summed E-state index contributed by atoms with van der Waals surface area (Å²) in [6.07, 6.45) is 0.216.